The summed E-state index contributed by atoms with van der Waals surface area (Å²) >= 11 is 0. The fraction of sp³-hybridized carbons (Fsp3) is 1.00. The minimum Gasteiger partial charge on any atom is -0.377 e. The van der Waals surface area contributed by atoms with Gasteiger partial charge in [0.05, 0.1) is 9.52 Å². The van der Waals surface area contributed by atoms with Crippen molar-refractivity contribution in [1.29, 1.82) is 0 Å². The quantitative estimate of drug-likeness (QED) is 0.267. The second-order valence-corrected chi connectivity index (χ2v) is 13.7. The summed E-state index contributed by atoms with van der Waals surface area (Å²) in [5.74, 6) is 0.678. The highest BCUT2D eigenvalue weighted by atomic mass is 28.4. The van der Waals surface area contributed by atoms with E-state index in [1.807, 2.05) is 0 Å². The lowest BCUT2D eigenvalue weighted by Gasteiger charge is -2.45. The van der Waals surface area contributed by atoms with Crippen molar-refractivity contribution in [3.63, 3.8) is 0 Å². The van der Waals surface area contributed by atoms with Gasteiger partial charge in [-0.3, -0.25) is 9.80 Å². The smallest absolute Gasteiger partial charge is 0.377 e. The third-order valence-electron chi connectivity index (χ3n) is 6.94. The molecule has 0 spiro atoms. The predicted molar refractivity (Wildman–Crippen MR) is 132 cm³/mol. The average molecular weight is 473 g/mol. The van der Waals surface area contributed by atoms with E-state index < -0.39 is 8.80 Å². The molecule has 31 heavy (non-hydrogen) atoms. The van der Waals surface area contributed by atoms with Crippen molar-refractivity contribution in [2.75, 3.05) is 87.8 Å². The highest BCUT2D eigenvalue weighted by Gasteiger charge is 2.36. The van der Waals surface area contributed by atoms with E-state index in [0.717, 1.165) is 22.0 Å². The van der Waals surface area contributed by atoms with E-state index >= 15 is 0 Å². The molecule has 2 aliphatic heterocycles. The van der Waals surface area contributed by atoms with Crippen molar-refractivity contribution in [2.45, 2.75) is 56.4 Å². The van der Waals surface area contributed by atoms with E-state index in [1.54, 1.807) is 21.3 Å². The lowest BCUT2D eigenvalue weighted by molar-refractivity contribution is 0.0311. The van der Waals surface area contributed by atoms with Crippen LogP contribution in [0.15, 0.2) is 0 Å². The van der Waals surface area contributed by atoms with Crippen LogP contribution < -0.4 is 0 Å². The van der Waals surface area contributed by atoms with Crippen LogP contribution in [0.4, 0.5) is 0 Å². The second-order valence-electron chi connectivity index (χ2n) is 9.17. The van der Waals surface area contributed by atoms with Crippen LogP contribution >= 0.6 is 0 Å². The molecule has 2 rings (SSSR count). The maximum atomic E-state index is 5.51. The molecule has 0 N–H and O–H groups in total. The molecule has 0 amide bonds. The summed E-state index contributed by atoms with van der Waals surface area (Å²) in [4.78, 5) is 10.5. The van der Waals surface area contributed by atoms with Gasteiger partial charge in [-0.15, -0.1) is 0 Å². The molecule has 182 valence electrons. The van der Waals surface area contributed by atoms with Crippen LogP contribution in [0.5, 0.6) is 0 Å². The SMILES string of the molecule is CO[Si](CCCCCCCC[Si]C(N1CCN(C)CC1)N1CCN(C)CC1)(OC)OC. The molecule has 9 heteroatoms. The molecule has 0 aromatic heterocycles. The Balaban J connectivity index is 1.62. The fourth-order valence-electron chi connectivity index (χ4n) is 4.58. The highest BCUT2D eigenvalue weighted by Crippen LogP contribution is 2.19. The third kappa shape index (κ3) is 9.50. The van der Waals surface area contributed by atoms with Gasteiger partial charge in [-0.1, -0.05) is 38.1 Å². The Morgan fingerprint density at radius 3 is 1.52 bits per heavy atom. The molecule has 0 bridgehead atoms. The highest BCUT2D eigenvalue weighted by molar-refractivity contribution is 6.60. The van der Waals surface area contributed by atoms with Crippen molar-refractivity contribution in [3.05, 3.63) is 0 Å². The summed E-state index contributed by atoms with van der Waals surface area (Å²) in [6.45, 7) is 9.79. The number of hydrogen-bond acceptors (Lipinski definition) is 7. The van der Waals surface area contributed by atoms with Gasteiger partial charge in [0, 0.05) is 85.5 Å². The second kappa shape index (κ2) is 15.1. The Labute approximate surface area is 195 Å². The summed E-state index contributed by atoms with van der Waals surface area (Å²) in [6.07, 6.45) is 7.79. The number of unbranched alkanes of at least 4 members (excludes halogenated alkanes) is 5. The maximum Gasteiger partial charge on any atom is 0.500 e. The molecule has 0 aromatic rings. The van der Waals surface area contributed by atoms with E-state index in [1.165, 1.54) is 90.5 Å². The largest absolute Gasteiger partial charge is 0.500 e. The Hall–Kier alpha value is 0.154. The van der Waals surface area contributed by atoms with E-state index in [4.69, 9.17) is 13.3 Å². The fourth-order valence-corrected chi connectivity index (χ4v) is 8.12. The minimum atomic E-state index is -2.37. The van der Waals surface area contributed by atoms with E-state index in [0.29, 0.717) is 5.79 Å². The van der Waals surface area contributed by atoms with Crippen LogP contribution in [-0.2, 0) is 13.3 Å². The molecule has 7 nitrogen and oxygen atoms in total. The van der Waals surface area contributed by atoms with Crippen molar-refractivity contribution < 1.29 is 13.3 Å². The molecule has 2 fully saturated rings. The molecule has 0 saturated carbocycles. The Morgan fingerprint density at radius 1 is 0.645 bits per heavy atom. The first-order valence-electron chi connectivity index (χ1n) is 12.3. The van der Waals surface area contributed by atoms with Crippen LogP contribution in [0.1, 0.15) is 38.5 Å². The third-order valence-corrected chi connectivity index (χ3v) is 11.5. The van der Waals surface area contributed by atoms with Crippen molar-refractivity contribution in [2.24, 2.45) is 0 Å². The molecule has 2 radical (unpaired) electrons. The number of rotatable bonds is 15. The van der Waals surface area contributed by atoms with Crippen LogP contribution in [0.2, 0.25) is 12.1 Å². The maximum absolute atomic E-state index is 5.51. The van der Waals surface area contributed by atoms with Crippen LogP contribution in [-0.4, -0.2) is 131 Å². The zero-order valence-corrected chi connectivity index (χ0v) is 22.9. The molecule has 2 heterocycles. The zero-order chi connectivity index (χ0) is 22.5. The van der Waals surface area contributed by atoms with E-state index in [9.17, 15) is 0 Å². The van der Waals surface area contributed by atoms with Gasteiger partial charge in [0.25, 0.3) is 0 Å². The van der Waals surface area contributed by atoms with Crippen LogP contribution in [0, 0.1) is 0 Å². The first kappa shape index (κ1) is 27.4. The number of nitrogens with zero attached hydrogens (tertiary/aromatic N) is 4. The van der Waals surface area contributed by atoms with Crippen molar-refractivity contribution >= 4 is 18.3 Å². The first-order chi connectivity index (χ1) is 15.0. The lowest BCUT2D eigenvalue weighted by atomic mass is 10.1. The average Bonchev–Trinajstić information content (AvgIpc) is 2.80. The first-order valence-corrected chi connectivity index (χ1v) is 15.5. The normalized spacial score (nSPS) is 20.7. The monoisotopic (exact) mass is 472 g/mol. The van der Waals surface area contributed by atoms with E-state index in [2.05, 4.69) is 33.7 Å². The van der Waals surface area contributed by atoms with E-state index in [-0.39, 0.29) is 0 Å². The summed E-state index contributed by atoms with van der Waals surface area (Å²) in [5.41, 5.74) is 0. The van der Waals surface area contributed by atoms with Gasteiger partial charge in [0.15, 0.2) is 0 Å². The molecular formula is C22H48N4O3Si2. The Kier molecular flexibility index (Phi) is 13.4. The molecule has 2 saturated heterocycles. The van der Waals surface area contributed by atoms with Gasteiger partial charge in [-0.05, 0) is 20.5 Å². The van der Waals surface area contributed by atoms with Gasteiger partial charge >= 0.3 is 8.80 Å². The number of likely N-dealkylation sites (N-methyl/N-ethyl adjacent to an activating group) is 2. The summed E-state index contributed by atoms with van der Waals surface area (Å²) < 4.78 is 16.5. The number of hydrogen-bond donors (Lipinski definition) is 0. The van der Waals surface area contributed by atoms with Crippen LogP contribution in [0.25, 0.3) is 0 Å². The number of piperazine rings is 2. The molecule has 0 unspecified atom stereocenters. The molecular weight excluding hydrogens is 424 g/mol. The zero-order valence-electron chi connectivity index (χ0n) is 20.9. The summed E-state index contributed by atoms with van der Waals surface area (Å²) in [7, 11) is 8.31. The summed E-state index contributed by atoms with van der Waals surface area (Å²) in [5, 5.41) is 0. The molecule has 0 atom stereocenters. The van der Waals surface area contributed by atoms with Crippen molar-refractivity contribution in [1.82, 2.24) is 19.6 Å². The Bertz CT molecular complexity index is 428. The lowest BCUT2D eigenvalue weighted by Crippen LogP contribution is -2.61. The van der Waals surface area contributed by atoms with Gasteiger partial charge in [-0.2, -0.15) is 0 Å². The van der Waals surface area contributed by atoms with Gasteiger partial charge in [0.1, 0.15) is 0 Å². The van der Waals surface area contributed by atoms with Gasteiger partial charge in [-0.25, -0.2) is 0 Å². The van der Waals surface area contributed by atoms with Gasteiger partial charge < -0.3 is 23.1 Å². The molecule has 2 aliphatic rings. The predicted octanol–water partition coefficient (Wildman–Crippen LogP) is 2.11. The standard InChI is InChI=1S/C22H48N4O3Si2/c1-23-12-16-25(17-13-23)22(26-18-14-24(2)15-19-26)30-20-10-8-6-7-9-11-21-31(27-3,28-4)29-5/h22H,6-21H2,1-5H3. The summed E-state index contributed by atoms with van der Waals surface area (Å²) in [6, 6.07) is 2.31. The topological polar surface area (TPSA) is 40.7 Å². The van der Waals surface area contributed by atoms with Gasteiger partial charge in [0.2, 0.25) is 0 Å². The molecule has 0 aromatic carbocycles. The Morgan fingerprint density at radius 2 is 1.06 bits per heavy atom. The van der Waals surface area contributed by atoms with Crippen molar-refractivity contribution in [3.8, 4) is 0 Å². The van der Waals surface area contributed by atoms with Crippen LogP contribution in [0.3, 0.4) is 0 Å². The molecule has 0 aliphatic carbocycles. The minimum absolute atomic E-state index is 0.678.